The maximum Gasteiger partial charge on any atom is 0.156 e. The molecule has 5 heteroatoms. The van der Waals surface area contributed by atoms with Crippen molar-refractivity contribution in [3.63, 3.8) is 0 Å². The van der Waals surface area contributed by atoms with E-state index in [1.54, 1.807) is 20.8 Å². The van der Waals surface area contributed by atoms with E-state index in [0.29, 0.717) is 6.54 Å². The van der Waals surface area contributed by atoms with E-state index in [-0.39, 0.29) is 5.75 Å². The molecule has 0 aromatic heterocycles. The van der Waals surface area contributed by atoms with Crippen molar-refractivity contribution in [3.05, 3.63) is 23.8 Å². The molecule has 2 rings (SSSR count). The Balaban J connectivity index is 2.10. The van der Waals surface area contributed by atoms with Crippen LogP contribution in [0.2, 0.25) is 0 Å². The minimum Gasteiger partial charge on any atom is -0.399 e. The Kier molecular flexibility index (Phi) is 3.51. The van der Waals surface area contributed by atoms with Crippen molar-refractivity contribution in [2.75, 3.05) is 29.5 Å². The Morgan fingerprint density at radius 2 is 2.00 bits per heavy atom. The van der Waals surface area contributed by atoms with Gasteiger partial charge in [0, 0.05) is 24.5 Å². The van der Waals surface area contributed by atoms with Gasteiger partial charge in [0.1, 0.15) is 0 Å². The summed E-state index contributed by atoms with van der Waals surface area (Å²) in [7, 11) is -3.07. The number of fused-ring (bicyclic) bond motifs is 1. The SMILES string of the molecule is CC(C)(C)S(=O)(=O)CCN1CCc2ccc(N)cc21. The summed E-state index contributed by atoms with van der Waals surface area (Å²) < 4.78 is 23.6. The zero-order valence-corrected chi connectivity index (χ0v) is 12.6. The maximum atomic E-state index is 12.1. The van der Waals surface area contributed by atoms with Crippen LogP contribution in [0.3, 0.4) is 0 Å². The number of hydrogen-bond acceptors (Lipinski definition) is 4. The largest absolute Gasteiger partial charge is 0.399 e. The lowest BCUT2D eigenvalue weighted by molar-refractivity contribution is 0.559. The van der Waals surface area contributed by atoms with E-state index in [0.717, 1.165) is 24.3 Å². The van der Waals surface area contributed by atoms with E-state index in [1.165, 1.54) is 5.56 Å². The number of anilines is 2. The zero-order chi connectivity index (χ0) is 14.3. The molecule has 0 unspecified atom stereocenters. The molecule has 2 N–H and O–H groups in total. The van der Waals surface area contributed by atoms with Crippen LogP contribution in [0.15, 0.2) is 18.2 Å². The van der Waals surface area contributed by atoms with Crippen molar-refractivity contribution in [2.45, 2.75) is 31.9 Å². The fraction of sp³-hybridized carbons (Fsp3) is 0.571. The molecule has 0 radical (unpaired) electrons. The van der Waals surface area contributed by atoms with Crippen molar-refractivity contribution in [1.29, 1.82) is 0 Å². The Morgan fingerprint density at radius 1 is 1.32 bits per heavy atom. The molecule has 1 aromatic carbocycles. The second-order valence-corrected chi connectivity index (χ2v) is 8.92. The molecule has 0 saturated carbocycles. The molecule has 0 amide bonds. The van der Waals surface area contributed by atoms with Crippen LogP contribution < -0.4 is 10.6 Å². The van der Waals surface area contributed by atoms with E-state index >= 15 is 0 Å². The highest BCUT2D eigenvalue weighted by molar-refractivity contribution is 7.92. The van der Waals surface area contributed by atoms with Crippen LogP contribution in [0.4, 0.5) is 11.4 Å². The monoisotopic (exact) mass is 282 g/mol. The minimum atomic E-state index is -3.07. The number of nitrogens with two attached hydrogens (primary N) is 1. The lowest BCUT2D eigenvalue weighted by Gasteiger charge is -2.24. The van der Waals surface area contributed by atoms with Crippen LogP contribution in [0, 0.1) is 0 Å². The molecular formula is C14H22N2O2S. The Bertz CT molecular complexity index is 574. The molecule has 0 fully saturated rings. The molecule has 0 aliphatic carbocycles. The maximum absolute atomic E-state index is 12.1. The lowest BCUT2D eigenvalue weighted by Crippen LogP contribution is -2.36. The summed E-state index contributed by atoms with van der Waals surface area (Å²) in [4.78, 5) is 2.12. The van der Waals surface area contributed by atoms with Crippen LogP contribution in [0.25, 0.3) is 0 Å². The molecule has 1 aliphatic heterocycles. The third-order valence-electron chi connectivity index (χ3n) is 3.66. The van der Waals surface area contributed by atoms with E-state index in [2.05, 4.69) is 4.90 Å². The molecule has 106 valence electrons. The van der Waals surface area contributed by atoms with Crippen LogP contribution in [0.1, 0.15) is 26.3 Å². The van der Waals surface area contributed by atoms with Gasteiger partial charge in [-0.1, -0.05) is 6.07 Å². The van der Waals surface area contributed by atoms with E-state index in [1.807, 2.05) is 18.2 Å². The van der Waals surface area contributed by atoms with Crippen LogP contribution >= 0.6 is 0 Å². The molecule has 4 nitrogen and oxygen atoms in total. The summed E-state index contributed by atoms with van der Waals surface area (Å²) in [5, 5.41) is 0. The fourth-order valence-corrected chi connectivity index (χ4v) is 3.30. The molecule has 0 atom stereocenters. The average molecular weight is 282 g/mol. The third-order valence-corrected chi connectivity index (χ3v) is 6.25. The standard InChI is InChI=1S/C14H22N2O2S/c1-14(2,3)19(17,18)9-8-16-7-6-11-4-5-12(15)10-13(11)16/h4-5,10H,6-9,15H2,1-3H3. The summed E-state index contributed by atoms with van der Waals surface area (Å²) in [6.45, 7) is 6.66. The van der Waals surface area contributed by atoms with Gasteiger partial charge in [-0.15, -0.1) is 0 Å². The zero-order valence-electron chi connectivity index (χ0n) is 11.8. The number of sulfone groups is 1. The lowest BCUT2D eigenvalue weighted by atomic mass is 10.1. The molecule has 19 heavy (non-hydrogen) atoms. The predicted octanol–water partition coefficient (Wildman–Crippen LogP) is 1.84. The number of nitrogens with zero attached hydrogens (tertiary/aromatic N) is 1. The molecule has 0 spiro atoms. The Labute approximate surface area is 115 Å². The summed E-state index contributed by atoms with van der Waals surface area (Å²) in [6, 6.07) is 5.86. The number of hydrogen-bond donors (Lipinski definition) is 1. The van der Waals surface area contributed by atoms with Crippen molar-refractivity contribution < 1.29 is 8.42 Å². The second-order valence-electron chi connectivity index (χ2n) is 6.06. The van der Waals surface area contributed by atoms with Crippen LogP contribution in [-0.2, 0) is 16.3 Å². The molecule has 1 aliphatic rings. The molecule has 1 aromatic rings. The molecule has 0 bridgehead atoms. The average Bonchev–Trinajstić information content (AvgIpc) is 2.67. The third kappa shape index (κ3) is 2.86. The highest BCUT2D eigenvalue weighted by Crippen LogP contribution is 2.30. The summed E-state index contributed by atoms with van der Waals surface area (Å²) in [5.74, 6) is 0.185. The van der Waals surface area contributed by atoms with Crippen molar-refractivity contribution >= 4 is 21.2 Å². The van der Waals surface area contributed by atoms with Gasteiger partial charge in [0.25, 0.3) is 0 Å². The van der Waals surface area contributed by atoms with Crippen LogP contribution in [0.5, 0.6) is 0 Å². The van der Waals surface area contributed by atoms with Gasteiger partial charge in [-0.3, -0.25) is 0 Å². The van der Waals surface area contributed by atoms with Crippen molar-refractivity contribution in [2.24, 2.45) is 0 Å². The minimum absolute atomic E-state index is 0.185. The van der Waals surface area contributed by atoms with Gasteiger partial charge < -0.3 is 10.6 Å². The van der Waals surface area contributed by atoms with Gasteiger partial charge in [0.15, 0.2) is 9.84 Å². The summed E-state index contributed by atoms with van der Waals surface area (Å²) >= 11 is 0. The predicted molar refractivity (Wildman–Crippen MR) is 80.3 cm³/mol. The molecular weight excluding hydrogens is 260 g/mol. The topological polar surface area (TPSA) is 63.4 Å². The first kappa shape index (κ1) is 14.2. The molecule has 1 heterocycles. The van der Waals surface area contributed by atoms with E-state index < -0.39 is 14.6 Å². The van der Waals surface area contributed by atoms with Gasteiger partial charge in [-0.2, -0.15) is 0 Å². The number of benzene rings is 1. The van der Waals surface area contributed by atoms with E-state index in [4.69, 9.17) is 5.73 Å². The smallest absolute Gasteiger partial charge is 0.156 e. The van der Waals surface area contributed by atoms with Gasteiger partial charge in [0.05, 0.1) is 10.5 Å². The van der Waals surface area contributed by atoms with Crippen molar-refractivity contribution in [1.82, 2.24) is 0 Å². The normalized spacial score (nSPS) is 15.6. The van der Waals surface area contributed by atoms with Gasteiger partial charge in [0.2, 0.25) is 0 Å². The quantitative estimate of drug-likeness (QED) is 0.859. The second kappa shape index (κ2) is 4.71. The Hall–Kier alpha value is -1.23. The first-order valence-electron chi connectivity index (χ1n) is 6.56. The Morgan fingerprint density at radius 3 is 2.63 bits per heavy atom. The summed E-state index contributed by atoms with van der Waals surface area (Å²) in [6.07, 6.45) is 0.963. The first-order chi connectivity index (χ1) is 8.71. The van der Waals surface area contributed by atoms with Gasteiger partial charge in [-0.25, -0.2) is 8.42 Å². The van der Waals surface area contributed by atoms with E-state index in [9.17, 15) is 8.42 Å². The number of rotatable bonds is 3. The van der Waals surface area contributed by atoms with Gasteiger partial charge in [-0.05, 0) is 44.9 Å². The van der Waals surface area contributed by atoms with Crippen molar-refractivity contribution in [3.8, 4) is 0 Å². The highest BCUT2D eigenvalue weighted by atomic mass is 32.2. The van der Waals surface area contributed by atoms with Gasteiger partial charge >= 0.3 is 0 Å². The number of nitrogen functional groups attached to an aromatic ring is 1. The fourth-order valence-electron chi connectivity index (χ4n) is 2.23. The first-order valence-corrected chi connectivity index (χ1v) is 8.21. The molecule has 0 saturated heterocycles. The highest BCUT2D eigenvalue weighted by Gasteiger charge is 2.30. The van der Waals surface area contributed by atoms with Crippen LogP contribution in [-0.4, -0.2) is 32.0 Å². The summed E-state index contributed by atoms with van der Waals surface area (Å²) in [5.41, 5.74) is 8.86.